The number of aromatic nitrogens is 2. The van der Waals surface area contributed by atoms with Crippen LogP contribution < -0.4 is 0 Å². The minimum atomic E-state index is -0.643. The molecule has 0 radical (unpaired) electrons. The zero-order chi connectivity index (χ0) is 11.5. The molecule has 0 fully saturated rings. The van der Waals surface area contributed by atoms with Gasteiger partial charge >= 0.3 is 0 Å². The molecule has 1 heterocycles. The molecule has 0 saturated heterocycles. The lowest BCUT2D eigenvalue weighted by molar-refractivity contribution is 0.182. The highest BCUT2D eigenvalue weighted by atomic mass is 35.5. The van der Waals surface area contributed by atoms with Crippen molar-refractivity contribution in [2.45, 2.75) is 12.5 Å². The van der Waals surface area contributed by atoms with Gasteiger partial charge in [-0.15, -0.1) is 5.10 Å². The third-order valence-corrected chi connectivity index (χ3v) is 3.77. The zero-order valence-electron chi connectivity index (χ0n) is 8.10. The maximum absolute atomic E-state index is 9.91. The topological polar surface area (TPSA) is 46.0 Å². The summed E-state index contributed by atoms with van der Waals surface area (Å²) in [4.78, 5) is 0.719. The first-order valence-electron chi connectivity index (χ1n) is 4.56. The molecule has 1 atom stereocenters. The second-order valence-corrected chi connectivity index (χ2v) is 4.86. The molecule has 0 bridgehead atoms. The molecule has 16 heavy (non-hydrogen) atoms. The number of hydrogen-bond donors (Lipinski definition) is 1. The SMILES string of the molecule is OC(Cc1cccc(Cl)c1Cl)c1cnns1. The Labute approximate surface area is 107 Å². The molecule has 1 unspecified atom stereocenters. The number of rotatable bonds is 3. The molecule has 1 N–H and O–H groups in total. The van der Waals surface area contributed by atoms with E-state index in [0.29, 0.717) is 16.5 Å². The van der Waals surface area contributed by atoms with Gasteiger partial charge in [-0.2, -0.15) is 0 Å². The van der Waals surface area contributed by atoms with E-state index in [1.54, 1.807) is 18.3 Å². The van der Waals surface area contributed by atoms with Crippen molar-refractivity contribution in [2.24, 2.45) is 0 Å². The molecule has 0 aliphatic rings. The highest BCUT2D eigenvalue weighted by molar-refractivity contribution is 7.05. The average Bonchev–Trinajstić information content (AvgIpc) is 2.78. The van der Waals surface area contributed by atoms with Crippen molar-refractivity contribution < 1.29 is 5.11 Å². The van der Waals surface area contributed by atoms with Crippen LogP contribution in [0.15, 0.2) is 24.4 Å². The van der Waals surface area contributed by atoms with Crippen LogP contribution in [-0.4, -0.2) is 14.7 Å². The molecule has 0 aliphatic carbocycles. The molecule has 2 rings (SSSR count). The summed E-state index contributed by atoms with van der Waals surface area (Å²) in [6.45, 7) is 0. The van der Waals surface area contributed by atoms with E-state index < -0.39 is 6.10 Å². The summed E-state index contributed by atoms with van der Waals surface area (Å²) < 4.78 is 3.70. The number of benzene rings is 1. The van der Waals surface area contributed by atoms with Gasteiger partial charge in [0.05, 0.1) is 27.2 Å². The minimum absolute atomic E-state index is 0.406. The van der Waals surface area contributed by atoms with E-state index in [0.717, 1.165) is 10.4 Å². The first kappa shape index (κ1) is 11.8. The largest absolute Gasteiger partial charge is 0.387 e. The fraction of sp³-hybridized carbons (Fsp3) is 0.200. The van der Waals surface area contributed by atoms with Crippen molar-refractivity contribution in [3.63, 3.8) is 0 Å². The van der Waals surface area contributed by atoms with Crippen molar-refractivity contribution in [2.75, 3.05) is 0 Å². The van der Waals surface area contributed by atoms with Gasteiger partial charge in [0, 0.05) is 6.42 Å². The summed E-state index contributed by atoms with van der Waals surface area (Å²) in [6.07, 6.45) is 1.31. The normalized spacial score (nSPS) is 12.7. The van der Waals surface area contributed by atoms with Gasteiger partial charge in [0.15, 0.2) is 0 Å². The predicted molar refractivity (Wildman–Crippen MR) is 65.0 cm³/mol. The van der Waals surface area contributed by atoms with Crippen molar-refractivity contribution in [1.29, 1.82) is 0 Å². The fourth-order valence-corrected chi connectivity index (χ4v) is 2.22. The second kappa shape index (κ2) is 5.10. The number of aliphatic hydroxyl groups excluding tert-OH is 1. The van der Waals surface area contributed by atoms with Gasteiger partial charge in [0.25, 0.3) is 0 Å². The van der Waals surface area contributed by atoms with Gasteiger partial charge in [-0.05, 0) is 23.2 Å². The Morgan fingerprint density at radius 3 is 2.88 bits per heavy atom. The summed E-state index contributed by atoms with van der Waals surface area (Å²) in [7, 11) is 0. The highest BCUT2D eigenvalue weighted by Gasteiger charge is 2.14. The van der Waals surface area contributed by atoms with Crippen LogP contribution in [-0.2, 0) is 6.42 Å². The summed E-state index contributed by atoms with van der Waals surface area (Å²) in [5.74, 6) is 0. The molecule has 0 spiro atoms. The van der Waals surface area contributed by atoms with Crippen molar-refractivity contribution in [3.8, 4) is 0 Å². The molecular weight excluding hydrogens is 267 g/mol. The number of aliphatic hydroxyl groups is 1. The average molecular weight is 275 g/mol. The summed E-state index contributed by atoms with van der Waals surface area (Å²) in [5.41, 5.74) is 0.815. The van der Waals surface area contributed by atoms with Crippen molar-refractivity contribution in [3.05, 3.63) is 44.9 Å². The Bertz CT molecular complexity index is 476. The quantitative estimate of drug-likeness (QED) is 0.936. The molecule has 0 aliphatic heterocycles. The lowest BCUT2D eigenvalue weighted by Crippen LogP contribution is -2.00. The molecule has 0 amide bonds. The maximum atomic E-state index is 9.91. The Morgan fingerprint density at radius 1 is 1.38 bits per heavy atom. The molecule has 1 aromatic carbocycles. The van der Waals surface area contributed by atoms with E-state index >= 15 is 0 Å². The Hall–Kier alpha value is -0.680. The van der Waals surface area contributed by atoms with Crippen LogP contribution in [0.5, 0.6) is 0 Å². The van der Waals surface area contributed by atoms with E-state index in [-0.39, 0.29) is 0 Å². The molecular formula is C10H8Cl2N2OS. The summed E-state index contributed by atoms with van der Waals surface area (Å²) in [6, 6.07) is 5.36. The van der Waals surface area contributed by atoms with E-state index in [2.05, 4.69) is 9.59 Å². The van der Waals surface area contributed by atoms with Gasteiger partial charge in [0.1, 0.15) is 0 Å². The third kappa shape index (κ3) is 2.52. The van der Waals surface area contributed by atoms with Crippen LogP contribution >= 0.6 is 34.7 Å². The number of nitrogens with zero attached hydrogens (tertiary/aromatic N) is 2. The molecule has 1 aromatic heterocycles. The van der Waals surface area contributed by atoms with Crippen molar-refractivity contribution >= 4 is 34.7 Å². The summed E-state index contributed by atoms with van der Waals surface area (Å²) in [5, 5.41) is 14.6. The van der Waals surface area contributed by atoms with Crippen LogP contribution in [0.3, 0.4) is 0 Å². The second-order valence-electron chi connectivity index (χ2n) is 3.25. The Balaban J connectivity index is 2.18. The minimum Gasteiger partial charge on any atom is -0.387 e. The zero-order valence-corrected chi connectivity index (χ0v) is 10.4. The van der Waals surface area contributed by atoms with Crippen LogP contribution in [0.2, 0.25) is 10.0 Å². The maximum Gasteiger partial charge on any atom is 0.0954 e. The van der Waals surface area contributed by atoms with Gasteiger partial charge in [0.2, 0.25) is 0 Å². The van der Waals surface area contributed by atoms with E-state index in [1.165, 1.54) is 11.5 Å². The lowest BCUT2D eigenvalue weighted by Gasteiger charge is -2.09. The molecule has 6 heteroatoms. The smallest absolute Gasteiger partial charge is 0.0954 e. The number of halogens is 2. The molecule has 2 aromatic rings. The number of hydrogen-bond acceptors (Lipinski definition) is 4. The highest BCUT2D eigenvalue weighted by Crippen LogP contribution is 2.29. The lowest BCUT2D eigenvalue weighted by atomic mass is 10.1. The Morgan fingerprint density at radius 2 is 2.19 bits per heavy atom. The molecule has 0 saturated carbocycles. The van der Waals surface area contributed by atoms with Crippen LogP contribution in [0.1, 0.15) is 16.5 Å². The first-order chi connectivity index (χ1) is 7.68. The third-order valence-electron chi connectivity index (χ3n) is 2.15. The van der Waals surface area contributed by atoms with E-state index in [1.807, 2.05) is 6.07 Å². The summed E-state index contributed by atoms with van der Waals surface area (Å²) >= 11 is 13.1. The monoisotopic (exact) mass is 274 g/mol. The van der Waals surface area contributed by atoms with Gasteiger partial charge < -0.3 is 5.11 Å². The van der Waals surface area contributed by atoms with Crippen LogP contribution in [0, 0.1) is 0 Å². The van der Waals surface area contributed by atoms with Crippen LogP contribution in [0.4, 0.5) is 0 Å². The van der Waals surface area contributed by atoms with Gasteiger partial charge in [-0.3, -0.25) is 0 Å². The van der Waals surface area contributed by atoms with Gasteiger partial charge in [-0.1, -0.05) is 39.8 Å². The van der Waals surface area contributed by atoms with Gasteiger partial charge in [-0.25, -0.2) is 0 Å². The standard InChI is InChI=1S/C10H8Cl2N2OS/c11-7-3-1-2-6(10(7)12)4-8(15)9-5-13-14-16-9/h1-3,5,8,15H,4H2. The first-order valence-corrected chi connectivity index (χ1v) is 6.09. The predicted octanol–water partition coefficient (Wildman–Crippen LogP) is 3.12. The van der Waals surface area contributed by atoms with E-state index in [9.17, 15) is 5.11 Å². The van der Waals surface area contributed by atoms with Crippen molar-refractivity contribution in [1.82, 2.24) is 9.59 Å². The van der Waals surface area contributed by atoms with E-state index in [4.69, 9.17) is 23.2 Å². The van der Waals surface area contributed by atoms with Crippen LogP contribution in [0.25, 0.3) is 0 Å². The fourth-order valence-electron chi connectivity index (χ4n) is 1.34. The molecule has 84 valence electrons. The Kier molecular flexibility index (Phi) is 3.76. The molecule has 3 nitrogen and oxygen atoms in total.